The van der Waals surface area contributed by atoms with Crippen molar-refractivity contribution in [2.45, 2.75) is 6.54 Å². The molecule has 1 N–H and O–H groups in total. The van der Waals surface area contributed by atoms with Gasteiger partial charge in [-0.15, -0.1) is 0 Å². The highest BCUT2D eigenvalue weighted by molar-refractivity contribution is 5.80. The minimum atomic E-state index is 0.936. The van der Waals surface area contributed by atoms with E-state index in [-0.39, 0.29) is 0 Å². The quantitative estimate of drug-likeness (QED) is 0.565. The molecule has 1 aromatic carbocycles. The summed E-state index contributed by atoms with van der Waals surface area (Å²) in [5.41, 5.74) is 1.41. The van der Waals surface area contributed by atoms with Crippen LogP contribution in [0.5, 0.6) is 0 Å². The van der Waals surface area contributed by atoms with Crippen molar-refractivity contribution in [1.29, 1.82) is 0 Å². The Morgan fingerprint density at radius 2 is 1.58 bits per heavy atom. The number of aliphatic imine (C=N–C) groups is 1. The monoisotopic (exact) mass is 421 g/mol. The fraction of sp³-hybridized carbons (Fsp3) is 0.500. The van der Waals surface area contributed by atoms with Crippen molar-refractivity contribution in [3.63, 3.8) is 0 Å². The van der Waals surface area contributed by atoms with E-state index in [1.807, 2.05) is 19.3 Å². The summed E-state index contributed by atoms with van der Waals surface area (Å²) in [5, 5.41) is 3.58. The summed E-state index contributed by atoms with van der Waals surface area (Å²) in [6.45, 7) is 11.5. The third kappa shape index (κ3) is 6.18. The van der Waals surface area contributed by atoms with E-state index in [9.17, 15) is 0 Å². The average Bonchev–Trinajstić information content (AvgIpc) is 2.84. The molecule has 4 rings (SSSR count). The zero-order valence-electron chi connectivity index (χ0n) is 18.7. The van der Waals surface area contributed by atoms with Crippen LogP contribution >= 0.6 is 0 Å². The predicted octanol–water partition coefficient (Wildman–Crippen LogP) is 1.60. The molecule has 0 radical (unpaired) electrons. The van der Waals surface area contributed by atoms with Crippen LogP contribution in [0.2, 0.25) is 0 Å². The Kier molecular flexibility index (Phi) is 7.74. The number of benzene rings is 1. The van der Waals surface area contributed by atoms with Gasteiger partial charge < -0.3 is 15.1 Å². The molecule has 0 unspecified atom stereocenters. The smallest absolute Gasteiger partial charge is 0.193 e. The van der Waals surface area contributed by atoms with E-state index in [1.165, 1.54) is 5.56 Å². The van der Waals surface area contributed by atoms with Gasteiger partial charge in [-0.3, -0.25) is 14.8 Å². The second kappa shape index (κ2) is 11.1. The largest absolute Gasteiger partial charge is 0.355 e. The third-order valence-electron chi connectivity index (χ3n) is 6.19. The van der Waals surface area contributed by atoms with Gasteiger partial charge in [-0.2, -0.15) is 0 Å². The molecule has 2 aromatic rings. The fourth-order valence-corrected chi connectivity index (χ4v) is 4.36. The Balaban J connectivity index is 1.14. The number of hydrogen-bond acceptors (Lipinski definition) is 5. The number of guanidine groups is 1. The number of hydrogen-bond donors (Lipinski definition) is 1. The number of rotatable bonds is 6. The molecule has 0 spiro atoms. The van der Waals surface area contributed by atoms with Crippen LogP contribution < -0.4 is 10.2 Å². The van der Waals surface area contributed by atoms with Gasteiger partial charge in [0, 0.05) is 85.2 Å². The number of nitrogens with zero attached hydrogens (tertiary/aromatic N) is 6. The van der Waals surface area contributed by atoms with Crippen LogP contribution in [0, 0.1) is 0 Å². The summed E-state index contributed by atoms with van der Waals surface area (Å²) in [7, 11) is 1.88. The molecular formula is C24H35N7. The van der Waals surface area contributed by atoms with Gasteiger partial charge in [0.1, 0.15) is 5.82 Å². The lowest BCUT2D eigenvalue weighted by Crippen LogP contribution is -2.54. The summed E-state index contributed by atoms with van der Waals surface area (Å²) in [6, 6.07) is 16.9. The van der Waals surface area contributed by atoms with Gasteiger partial charge >= 0.3 is 0 Å². The van der Waals surface area contributed by atoms with Gasteiger partial charge in [-0.1, -0.05) is 36.4 Å². The summed E-state index contributed by atoms with van der Waals surface area (Å²) >= 11 is 0. The number of aromatic nitrogens is 1. The third-order valence-corrected chi connectivity index (χ3v) is 6.19. The van der Waals surface area contributed by atoms with Gasteiger partial charge in [0.15, 0.2) is 5.96 Å². The minimum absolute atomic E-state index is 0.936. The van der Waals surface area contributed by atoms with Crippen molar-refractivity contribution >= 4 is 11.8 Å². The van der Waals surface area contributed by atoms with E-state index in [1.54, 1.807) is 0 Å². The standard InChI is InChI=1S/C24H35N7/c1-25-24(31-19-17-30(18-20-31)23-9-5-6-10-26-23)27-11-12-28-13-15-29(16-14-28)21-22-7-3-2-4-8-22/h2-10H,11-21H2,1H3,(H,25,27). The molecule has 0 amide bonds. The van der Waals surface area contributed by atoms with E-state index in [2.05, 4.69) is 77.4 Å². The maximum Gasteiger partial charge on any atom is 0.193 e. The Bertz CT molecular complexity index is 795. The Morgan fingerprint density at radius 3 is 2.26 bits per heavy atom. The molecule has 2 fully saturated rings. The van der Waals surface area contributed by atoms with Crippen molar-refractivity contribution in [2.75, 3.05) is 77.4 Å². The van der Waals surface area contributed by atoms with E-state index in [0.717, 1.165) is 83.8 Å². The van der Waals surface area contributed by atoms with E-state index < -0.39 is 0 Å². The topological polar surface area (TPSA) is 50.2 Å². The zero-order valence-corrected chi connectivity index (χ0v) is 18.7. The van der Waals surface area contributed by atoms with Gasteiger partial charge in [0.2, 0.25) is 0 Å². The average molecular weight is 422 g/mol. The van der Waals surface area contributed by atoms with Crippen LogP contribution in [-0.4, -0.2) is 98.1 Å². The number of nitrogens with one attached hydrogen (secondary N) is 1. The molecule has 3 heterocycles. The van der Waals surface area contributed by atoms with Crippen LogP contribution in [0.4, 0.5) is 5.82 Å². The highest BCUT2D eigenvalue weighted by atomic mass is 15.4. The van der Waals surface area contributed by atoms with E-state index in [4.69, 9.17) is 0 Å². The summed E-state index contributed by atoms with van der Waals surface area (Å²) in [6.07, 6.45) is 1.86. The van der Waals surface area contributed by atoms with E-state index >= 15 is 0 Å². The lowest BCUT2D eigenvalue weighted by atomic mass is 10.2. The minimum Gasteiger partial charge on any atom is -0.355 e. The lowest BCUT2D eigenvalue weighted by Gasteiger charge is -2.37. The molecule has 1 aromatic heterocycles. The molecule has 7 heteroatoms. The summed E-state index contributed by atoms with van der Waals surface area (Å²) in [4.78, 5) is 18.8. The molecule has 0 bridgehead atoms. The van der Waals surface area contributed by atoms with Crippen LogP contribution in [0.15, 0.2) is 59.7 Å². The molecule has 0 saturated carbocycles. The first kappa shape index (κ1) is 21.6. The Labute approximate surface area is 186 Å². The number of pyridine rings is 1. The molecule has 0 atom stereocenters. The first-order chi connectivity index (χ1) is 15.3. The highest BCUT2D eigenvalue weighted by Gasteiger charge is 2.21. The zero-order chi connectivity index (χ0) is 21.3. The number of anilines is 1. The second-order valence-corrected chi connectivity index (χ2v) is 8.24. The SMILES string of the molecule is CN=C(NCCN1CCN(Cc2ccccc2)CC1)N1CCN(c2ccccn2)CC1. The fourth-order valence-electron chi connectivity index (χ4n) is 4.36. The van der Waals surface area contributed by atoms with Crippen LogP contribution in [-0.2, 0) is 6.54 Å². The summed E-state index contributed by atoms with van der Waals surface area (Å²) < 4.78 is 0. The second-order valence-electron chi connectivity index (χ2n) is 8.24. The Hall–Kier alpha value is -2.64. The van der Waals surface area contributed by atoms with Gasteiger partial charge in [0.05, 0.1) is 0 Å². The lowest BCUT2D eigenvalue weighted by molar-refractivity contribution is 0.128. The molecule has 2 aliphatic heterocycles. The predicted molar refractivity (Wildman–Crippen MR) is 128 cm³/mol. The van der Waals surface area contributed by atoms with Crippen molar-refractivity contribution in [3.8, 4) is 0 Å². The molecular weight excluding hydrogens is 386 g/mol. The van der Waals surface area contributed by atoms with Crippen molar-refractivity contribution < 1.29 is 0 Å². The first-order valence-electron chi connectivity index (χ1n) is 11.4. The molecule has 2 aliphatic rings. The van der Waals surface area contributed by atoms with Crippen molar-refractivity contribution in [2.24, 2.45) is 4.99 Å². The van der Waals surface area contributed by atoms with Crippen LogP contribution in [0.3, 0.4) is 0 Å². The summed E-state index contributed by atoms with van der Waals surface area (Å²) in [5.74, 6) is 2.08. The molecule has 0 aliphatic carbocycles. The molecule has 7 nitrogen and oxygen atoms in total. The van der Waals surface area contributed by atoms with E-state index in [0.29, 0.717) is 0 Å². The highest BCUT2D eigenvalue weighted by Crippen LogP contribution is 2.12. The van der Waals surface area contributed by atoms with Crippen molar-refractivity contribution in [1.82, 2.24) is 25.0 Å². The molecule has 31 heavy (non-hydrogen) atoms. The first-order valence-corrected chi connectivity index (χ1v) is 11.4. The Morgan fingerprint density at radius 1 is 0.871 bits per heavy atom. The molecule has 166 valence electrons. The maximum atomic E-state index is 4.52. The maximum absolute atomic E-state index is 4.52. The van der Waals surface area contributed by atoms with Gasteiger partial charge in [0.25, 0.3) is 0 Å². The van der Waals surface area contributed by atoms with Crippen molar-refractivity contribution in [3.05, 3.63) is 60.3 Å². The van der Waals surface area contributed by atoms with Crippen LogP contribution in [0.1, 0.15) is 5.56 Å². The van der Waals surface area contributed by atoms with Crippen LogP contribution in [0.25, 0.3) is 0 Å². The van der Waals surface area contributed by atoms with Gasteiger partial charge in [-0.05, 0) is 17.7 Å². The molecule has 2 saturated heterocycles. The van der Waals surface area contributed by atoms with Gasteiger partial charge in [-0.25, -0.2) is 4.98 Å². The normalized spacial score (nSPS) is 18.9. The number of piperazine rings is 2.